The van der Waals surface area contributed by atoms with Crippen molar-refractivity contribution in [1.29, 1.82) is 0 Å². The summed E-state index contributed by atoms with van der Waals surface area (Å²) in [5, 5.41) is 0. The van der Waals surface area contributed by atoms with E-state index in [1.54, 1.807) is 12.1 Å². The lowest BCUT2D eigenvalue weighted by molar-refractivity contribution is 0.171. The number of anilines is 1. The molecule has 1 N–H and O–H groups in total. The fraction of sp³-hybridized carbons (Fsp3) is 0.294. The van der Waals surface area contributed by atoms with E-state index in [1.165, 1.54) is 0 Å². The molecule has 1 aliphatic heterocycles. The zero-order valence-corrected chi connectivity index (χ0v) is 13.9. The predicted octanol–water partition coefficient (Wildman–Crippen LogP) is 3.02. The third-order valence-corrected chi connectivity index (χ3v) is 4.98. The van der Waals surface area contributed by atoms with Crippen LogP contribution in [0, 0.1) is 13.8 Å². The minimum atomic E-state index is -3.51. The third kappa shape index (κ3) is 3.59. The minimum Gasteiger partial charge on any atom is -0.486 e. The molecule has 0 aromatic heterocycles. The van der Waals surface area contributed by atoms with Crippen LogP contribution >= 0.6 is 0 Å². The average molecular weight is 333 g/mol. The van der Waals surface area contributed by atoms with Crippen molar-refractivity contribution in [3.05, 3.63) is 53.1 Å². The standard InChI is InChI=1S/C17H19NO4S/c1-12-5-3-4-6-14(12)11-23(19,20)18-15-10-17-16(9-13(15)2)21-7-8-22-17/h3-6,9-10,18H,7-8,11H2,1-2H3. The average Bonchev–Trinajstić information content (AvgIpc) is 2.50. The van der Waals surface area contributed by atoms with Crippen LogP contribution in [-0.4, -0.2) is 21.6 Å². The quantitative estimate of drug-likeness (QED) is 0.934. The summed E-state index contributed by atoms with van der Waals surface area (Å²) in [6, 6.07) is 10.9. The molecule has 23 heavy (non-hydrogen) atoms. The van der Waals surface area contributed by atoms with Gasteiger partial charge in [0.25, 0.3) is 0 Å². The molecule has 3 rings (SSSR count). The second-order valence-electron chi connectivity index (χ2n) is 5.60. The van der Waals surface area contributed by atoms with Crippen LogP contribution in [0.2, 0.25) is 0 Å². The molecule has 2 aromatic rings. The normalized spacial score (nSPS) is 13.7. The van der Waals surface area contributed by atoms with Crippen molar-refractivity contribution in [1.82, 2.24) is 0 Å². The molecule has 0 aliphatic carbocycles. The molecular weight excluding hydrogens is 314 g/mol. The zero-order valence-electron chi connectivity index (χ0n) is 13.1. The van der Waals surface area contributed by atoms with Crippen LogP contribution in [0.1, 0.15) is 16.7 Å². The fourth-order valence-corrected chi connectivity index (χ4v) is 3.84. The van der Waals surface area contributed by atoms with E-state index in [1.807, 2.05) is 38.1 Å². The maximum atomic E-state index is 12.5. The van der Waals surface area contributed by atoms with Gasteiger partial charge in [-0.3, -0.25) is 4.72 Å². The van der Waals surface area contributed by atoms with Crippen LogP contribution in [0.5, 0.6) is 11.5 Å². The van der Waals surface area contributed by atoms with Gasteiger partial charge in [0.2, 0.25) is 10.0 Å². The Morgan fingerprint density at radius 3 is 2.35 bits per heavy atom. The zero-order chi connectivity index (χ0) is 16.4. The van der Waals surface area contributed by atoms with Crippen LogP contribution in [-0.2, 0) is 15.8 Å². The lowest BCUT2D eigenvalue weighted by Gasteiger charge is -2.21. The second-order valence-corrected chi connectivity index (χ2v) is 7.32. The predicted molar refractivity (Wildman–Crippen MR) is 89.6 cm³/mol. The molecule has 1 heterocycles. The Kier molecular flexibility index (Phi) is 4.17. The minimum absolute atomic E-state index is 0.0619. The van der Waals surface area contributed by atoms with Gasteiger partial charge in [-0.2, -0.15) is 0 Å². The Hall–Kier alpha value is -2.21. The molecule has 0 atom stereocenters. The lowest BCUT2D eigenvalue weighted by Crippen LogP contribution is -2.18. The molecule has 0 spiro atoms. The molecule has 6 heteroatoms. The lowest BCUT2D eigenvalue weighted by atomic mass is 10.1. The summed E-state index contributed by atoms with van der Waals surface area (Å²) in [6.45, 7) is 4.71. The number of sulfonamides is 1. The Bertz CT molecular complexity index is 830. The van der Waals surface area contributed by atoms with E-state index in [0.29, 0.717) is 30.4 Å². The van der Waals surface area contributed by atoms with Gasteiger partial charge in [-0.05, 0) is 36.6 Å². The summed E-state index contributed by atoms with van der Waals surface area (Å²) < 4.78 is 38.6. The van der Waals surface area contributed by atoms with Crippen molar-refractivity contribution in [3.8, 4) is 11.5 Å². The molecule has 0 fully saturated rings. The number of benzene rings is 2. The number of hydrogen-bond donors (Lipinski definition) is 1. The fourth-order valence-electron chi connectivity index (χ4n) is 2.48. The Balaban J connectivity index is 1.84. The van der Waals surface area contributed by atoms with Crippen molar-refractivity contribution >= 4 is 15.7 Å². The van der Waals surface area contributed by atoms with Gasteiger partial charge in [0.05, 0.1) is 11.4 Å². The maximum Gasteiger partial charge on any atom is 0.236 e. The Morgan fingerprint density at radius 1 is 1.00 bits per heavy atom. The second kappa shape index (κ2) is 6.12. The van der Waals surface area contributed by atoms with E-state index in [-0.39, 0.29) is 5.75 Å². The number of hydrogen-bond acceptors (Lipinski definition) is 4. The van der Waals surface area contributed by atoms with E-state index in [9.17, 15) is 8.42 Å². The highest BCUT2D eigenvalue weighted by Gasteiger charge is 2.18. The summed E-state index contributed by atoms with van der Waals surface area (Å²) in [5.41, 5.74) is 3.05. The van der Waals surface area contributed by atoms with Gasteiger partial charge in [0, 0.05) is 6.07 Å². The van der Waals surface area contributed by atoms with Gasteiger partial charge >= 0.3 is 0 Å². The first-order chi connectivity index (χ1) is 10.9. The number of nitrogens with one attached hydrogen (secondary N) is 1. The van der Waals surface area contributed by atoms with Crippen LogP contribution in [0.15, 0.2) is 36.4 Å². The topological polar surface area (TPSA) is 64.6 Å². The molecule has 0 bridgehead atoms. The molecule has 0 saturated heterocycles. The smallest absolute Gasteiger partial charge is 0.236 e. The molecule has 0 saturated carbocycles. The molecular formula is C17H19NO4S. The van der Waals surface area contributed by atoms with E-state index in [2.05, 4.69) is 4.72 Å². The van der Waals surface area contributed by atoms with Crippen molar-refractivity contribution < 1.29 is 17.9 Å². The number of fused-ring (bicyclic) bond motifs is 1. The summed E-state index contributed by atoms with van der Waals surface area (Å²) in [4.78, 5) is 0. The highest BCUT2D eigenvalue weighted by molar-refractivity contribution is 7.91. The summed E-state index contributed by atoms with van der Waals surface area (Å²) in [7, 11) is -3.51. The highest BCUT2D eigenvalue weighted by Crippen LogP contribution is 2.35. The molecule has 5 nitrogen and oxygen atoms in total. The van der Waals surface area contributed by atoms with Crippen molar-refractivity contribution in [2.45, 2.75) is 19.6 Å². The van der Waals surface area contributed by atoms with Crippen LogP contribution in [0.4, 0.5) is 5.69 Å². The summed E-state index contributed by atoms with van der Waals surface area (Å²) >= 11 is 0. The Labute approximate surface area is 136 Å². The molecule has 1 aliphatic rings. The monoisotopic (exact) mass is 333 g/mol. The summed E-state index contributed by atoms with van der Waals surface area (Å²) in [6.07, 6.45) is 0. The SMILES string of the molecule is Cc1ccccc1CS(=O)(=O)Nc1cc2c(cc1C)OCCO2. The number of aryl methyl sites for hydroxylation is 2. The molecule has 0 unspecified atom stereocenters. The molecule has 0 radical (unpaired) electrons. The third-order valence-electron chi connectivity index (χ3n) is 3.76. The van der Waals surface area contributed by atoms with Gasteiger partial charge in [0.15, 0.2) is 11.5 Å². The van der Waals surface area contributed by atoms with Crippen LogP contribution in [0.3, 0.4) is 0 Å². The molecule has 122 valence electrons. The van der Waals surface area contributed by atoms with Crippen molar-refractivity contribution in [2.75, 3.05) is 17.9 Å². The van der Waals surface area contributed by atoms with Gasteiger partial charge in [0.1, 0.15) is 13.2 Å². The van der Waals surface area contributed by atoms with E-state index in [0.717, 1.165) is 16.7 Å². The van der Waals surface area contributed by atoms with Gasteiger partial charge in [-0.25, -0.2) is 8.42 Å². The molecule has 0 amide bonds. The van der Waals surface area contributed by atoms with E-state index < -0.39 is 10.0 Å². The highest BCUT2D eigenvalue weighted by atomic mass is 32.2. The van der Waals surface area contributed by atoms with Gasteiger partial charge < -0.3 is 9.47 Å². The van der Waals surface area contributed by atoms with Gasteiger partial charge in [-0.1, -0.05) is 24.3 Å². The first kappa shape index (κ1) is 15.7. The largest absolute Gasteiger partial charge is 0.486 e. The van der Waals surface area contributed by atoms with Crippen molar-refractivity contribution in [2.24, 2.45) is 0 Å². The van der Waals surface area contributed by atoms with E-state index in [4.69, 9.17) is 9.47 Å². The number of ether oxygens (including phenoxy) is 2. The Morgan fingerprint density at radius 2 is 1.65 bits per heavy atom. The number of rotatable bonds is 4. The first-order valence-electron chi connectivity index (χ1n) is 7.40. The van der Waals surface area contributed by atoms with Crippen LogP contribution < -0.4 is 14.2 Å². The maximum absolute atomic E-state index is 12.5. The van der Waals surface area contributed by atoms with E-state index >= 15 is 0 Å². The van der Waals surface area contributed by atoms with Gasteiger partial charge in [-0.15, -0.1) is 0 Å². The van der Waals surface area contributed by atoms with Crippen LogP contribution in [0.25, 0.3) is 0 Å². The first-order valence-corrected chi connectivity index (χ1v) is 9.05. The summed E-state index contributed by atoms with van der Waals surface area (Å²) in [5.74, 6) is 1.15. The van der Waals surface area contributed by atoms with Crippen molar-refractivity contribution in [3.63, 3.8) is 0 Å². The molecule has 2 aromatic carbocycles.